The van der Waals surface area contributed by atoms with Crippen LogP contribution in [0.5, 0.6) is 5.75 Å². The molecule has 6 nitrogen and oxygen atoms in total. The second-order valence-electron chi connectivity index (χ2n) is 5.77. The Bertz CT molecular complexity index is 530. The smallest absolute Gasteiger partial charge is 0.411 e. The van der Waals surface area contributed by atoms with Crippen LogP contribution in [-0.4, -0.2) is 28.9 Å². The lowest BCUT2D eigenvalue weighted by Gasteiger charge is -2.08. The van der Waals surface area contributed by atoms with E-state index in [4.69, 9.17) is 9.84 Å². The van der Waals surface area contributed by atoms with Gasteiger partial charge in [0.1, 0.15) is 11.3 Å². The zero-order valence-corrected chi connectivity index (χ0v) is 14.2. The molecule has 0 aromatic heterocycles. The lowest BCUT2D eigenvalue weighted by Crippen LogP contribution is -2.14. The lowest BCUT2D eigenvalue weighted by molar-refractivity contribution is 0.0693. The zero-order chi connectivity index (χ0) is 17.8. The van der Waals surface area contributed by atoms with Gasteiger partial charge in [0.15, 0.2) is 0 Å². The molecule has 1 amide bonds. The van der Waals surface area contributed by atoms with Crippen molar-refractivity contribution in [2.24, 2.45) is 0 Å². The van der Waals surface area contributed by atoms with Gasteiger partial charge in [-0.05, 0) is 24.6 Å². The first-order valence-electron chi connectivity index (χ1n) is 8.54. The number of rotatable bonds is 11. The number of carbonyl (C=O) groups excluding carboxylic acids is 1. The molecule has 134 valence electrons. The fourth-order valence-electron chi connectivity index (χ4n) is 2.34. The topological polar surface area (TPSA) is 95.9 Å². The van der Waals surface area contributed by atoms with Gasteiger partial charge >= 0.3 is 12.1 Å². The van der Waals surface area contributed by atoms with E-state index < -0.39 is 12.1 Å². The number of ether oxygens (including phenoxy) is 1. The fraction of sp³-hybridized carbons (Fsp3) is 0.556. The highest BCUT2D eigenvalue weighted by Crippen LogP contribution is 2.21. The summed E-state index contributed by atoms with van der Waals surface area (Å²) >= 11 is 0. The Hall–Kier alpha value is -2.24. The predicted octanol–water partition coefficient (Wildman–Crippen LogP) is 4.78. The molecule has 0 saturated heterocycles. The molecule has 0 spiro atoms. The molecule has 1 rings (SSSR count). The molecule has 0 atom stereocenters. The van der Waals surface area contributed by atoms with Crippen molar-refractivity contribution in [1.82, 2.24) is 0 Å². The number of carboxylic acid groups (broad SMARTS) is 1. The van der Waals surface area contributed by atoms with Crippen molar-refractivity contribution in [1.29, 1.82) is 0 Å². The third kappa shape index (κ3) is 7.85. The summed E-state index contributed by atoms with van der Waals surface area (Å²) in [5.74, 6) is -1.61. The van der Waals surface area contributed by atoms with Crippen LogP contribution in [0.3, 0.4) is 0 Å². The molecule has 0 aliphatic rings. The van der Waals surface area contributed by atoms with Gasteiger partial charge in [-0.3, -0.25) is 5.32 Å². The Labute approximate surface area is 142 Å². The standard InChI is InChI=1S/C18H27NO5/c1-2-3-4-5-6-7-8-9-12-24-18(23)19-14-10-11-16(20)15(13-14)17(21)22/h10-11,13,20H,2-9,12H2,1H3,(H,19,23)(H,21,22). The van der Waals surface area contributed by atoms with E-state index in [2.05, 4.69) is 12.2 Å². The van der Waals surface area contributed by atoms with Crippen molar-refractivity contribution >= 4 is 17.7 Å². The molecule has 6 heteroatoms. The number of carboxylic acids is 1. The van der Waals surface area contributed by atoms with E-state index in [0.717, 1.165) is 19.3 Å². The maximum absolute atomic E-state index is 11.6. The molecule has 0 aliphatic carbocycles. The molecule has 0 radical (unpaired) electrons. The molecule has 0 fully saturated rings. The molecule has 0 aliphatic heterocycles. The van der Waals surface area contributed by atoms with Crippen LogP contribution in [0.1, 0.15) is 68.6 Å². The third-order valence-corrected chi connectivity index (χ3v) is 3.70. The number of amides is 1. The summed E-state index contributed by atoms with van der Waals surface area (Å²) in [4.78, 5) is 22.6. The number of anilines is 1. The molecular weight excluding hydrogens is 310 g/mol. The first-order valence-corrected chi connectivity index (χ1v) is 8.54. The number of carbonyl (C=O) groups is 2. The Morgan fingerprint density at radius 1 is 1.04 bits per heavy atom. The number of phenols is 1. The molecule has 3 N–H and O–H groups in total. The molecule has 0 heterocycles. The van der Waals surface area contributed by atoms with Crippen molar-refractivity contribution in [3.05, 3.63) is 23.8 Å². The van der Waals surface area contributed by atoms with E-state index in [-0.39, 0.29) is 17.0 Å². The summed E-state index contributed by atoms with van der Waals surface area (Å²) in [7, 11) is 0. The van der Waals surface area contributed by atoms with E-state index in [1.165, 1.54) is 50.3 Å². The van der Waals surface area contributed by atoms with E-state index >= 15 is 0 Å². The van der Waals surface area contributed by atoms with Crippen LogP contribution in [0.25, 0.3) is 0 Å². The Balaban J connectivity index is 2.18. The molecule has 24 heavy (non-hydrogen) atoms. The van der Waals surface area contributed by atoms with Crippen LogP contribution < -0.4 is 5.32 Å². The average Bonchev–Trinajstić information content (AvgIpc) is 2.55. The predicted molar refractivity (Wildman–Crippen MR) is 92.6 cm³/mol. The Morgan fingerprint density at radius 2 is 1.67 bits per heavy atom. The summed E-state index contributed by atoms with van der Waals surface area (Å²) in [6.45, 7) is 2.54. The Morgan fingerprint density at radius 3 is 2.29 bits per heavy atom. The van der Waals surface area contributed by atoms with Crippen molar-refractivity contribution < 1.29 is 24.5 Å². The number of benzene rings is 1. The summed E-state index contributed by atoms with van der Waals surface area (Å²) in [6.07, 6.45) is 8.69. The third-order valence-electron chi connectivity index (χ3n) is 3.70. The van der Waals surface area contributed by atoms with E-state index in [1.54, 1.807) is 0 Å². The summed E-state index contributed by atoms with van der Waals surface area (Å²) in [6, 6.07) is 3.83. The van der Waals surface area contributed by atoms with E-state index in [9.17, 15) is 14.7 Å². The monoisotopic (exact) mass is 337 g/mol. The highest BCUT2D eigenvalue weighted by atomic mass is 16.5. The number of hydrogen-bond acceptors (Lipinski definition) is 4. The number of aromatic hydroxyl groups is 1. The van der Waals surface area contributed by atoms with Gasteiger partial charge in [-0.15, -0.1) is 0 Å². The minimum absolute atomic E-state index is 0.268. The van der Waals surface area contributed by atoms with Gasteiger partial charge in [0.05, 0.1) is 6.61 Å². The quantitative estimate of drug-likeness (QED) is 0.399. The number of aromatic carboxylic acids is 1. The van der Waals surface area contributed by atoms with Crippen molar-refractivity contribution in [3.8, 4) is 5.75 Å². The van der Waals surface area contributed by atoms with Crippen LogP contribution in [0.4, 0.5) is 10.5 Å². The number of unbranched alkanes of at least 4 members (excludes halogenated alkanes) is 7. The van der Waals surface area contributed by atoms with E-state index in [0.29, 0.717) is 6.61 Å². The number of nitrogens with one attached hydrogen (secondary N) is 1. The number of hydrogen-bond donors (Lipinski definition) is 3. The van der Waals surface area contributed by atoms with Crippen molar-refractivity contribution in [2.75, 3.05) is 11.9 Å². The van der Waals surface area contributed by atoms with Crippen LogP contribution in [-0.2, 0) is 4.74 Å². The molecule has 0 bridgehead atoms. The van der Waals surface area contributed by atoms with Gasteiger partial charge in [0, 0.05) is 5.69 Å². The summed E-state index contributed by atoms with van der Waals surface area (Å²) in [5.41, 5.74) is 0.00185. The second-order valence-corrected chi connectivity index (χ2v) is 5.77. The molecular formula is C18H27NO5. The van der Waals surface area contributed by atoms with E-state index in [1.807, 2.05) is 0 Å². The van der Waals surface area contributed by atoms with Crippen LogP contribution in [0, 0.1) is 0 Å². The maximum Gasteiger partial charge on any atom is 0.411 e. The van der Waals surface area contributed by atoms with Crippen LogP contribution in [0.2, 0.25) is 0 Å². The first kappa shape index (κ1) is 19.8. The van der Waals surface area contributed by atoms with Gasteiger partial charge in [-0.1, -0.05) is 51.9 Å². The molecule has 1 aromatic carbocycles. The zero-order valence-electron chi connectivity index (χ0n) is 14.2. The summed E-state index contributed by atoms with van der Waals surface area (Å²) in [5, 5.41) is 20.8. The van der Waals surface area contributed by atoms with Crippen molar-refractivity contribution in [3.63, 3.8) is 0 Å². The van der Waals surface area contributed by atoms with Gasteiger partial charge in [0.25, 0.3) is 0 Å². The van der Waals surface area contributed by atoms with Gasteiger partial charge in [0.2, 0.25) is 0 Å². The summed E-state index contributed by atoms with van der Waals surface area (Å²) < 4.78 is 5.06. The van der Waals surface area contributed by atoms with Gasteiger partial charge in [-0.25, -0.2) is 9.59 Å². The van der Waals surface area contributed by atoms with Crippen LogP contribution in [0.15, 0.2) is 18.2 Å². The first-order chi connectivity index (χ1) is 11.5. The largest absolute Gasteiger partial charge is 0.507 e. The highest BCUT2D eigenvalue weighted by molar-refractivity contribution is 5.93. The minimum Gasteiger partial charge on any atom is -0.507 e. The SMILES string of the molecule is CCCCCCCCCCOC(=O)Nc1ccc(O)c(C(=O)O)c1. The molecule has 0 unspecified atom stereocenters. The molecule has 1 aromatic rings. The van der Waals surface area contributed by atoms with Gasteiger partial charge < -0.3 is 14.9 Å². The normalized spacial score (nSPS) is 10.4. The second kappa shape index (κ2) is 11.3. The Kier molecular flexibility index (Phi) is 9.34. The lowest BCUT2D eigenvalue weighted by atomic mass is 10.1. The van der Waals surface area contributed by atoms with Crippen LogP contribution >= 0.6 is 0 Å². The highest BCUT2D eigenvalue weighted by Gasteiger charge is 2.11. The maximum atomic E-state index is 11.6. The fourth-order valence-corrected chi connectivity index (χ4v) is 2.34. The van der Waals surface area contributed by atoms with Crippen molar-refractivity contribution in [2.45, 2.75) is 58.3 Å². The minimum atomic E-state index is -1.26. The average molecular weight is 337 g/mol. The van der Waals surface area contributed by atoms with Gasteiger partial charge in [-0.2, -0.15) is 0 Å². The molecule has 0 saturated carbocycles.